The number of carbonyl (C=O) groups excluding carboxylic acids is 2. The van der Waals surface area contributed by atoms with Gasteiger partial charge in [-0.15, -0.1) is 0 Å². The first-order valence-corrected chi connectivity index (χ1v) is 7.06. The van der Waals surface area contributed by atoms with Crippen LogP contribution in [0.3, 0.4) is 0 Å². The highest BCUT2D eigenvalue weighted by Crippen LogP contribution is 2.16. The van der Waals surface area contributed by atoms with Gasteiger partial charge in [-0.1, -0.05) is 12.1 Å². The molecule has 0 spiro atoms. The minimum absolute atomic E-state index is 0.138. The lowest BCUT2D eigenvalue weighted by Crippen LogP contribution is -2.12. The van der Waals surface area contributed by atoms with Crippen LogP contribution in [0.15, 0.2) is 40.8 Å². The molecule has 1 aromatic heterocycles. The SMILES string of the molecule is Cc1ccc(C(=O)COC(=O)C=Cc2ccc([N+](=O)[O-])o2)cc1C. The van der Waals surface area contributed by atoms with E-state index in [1.165, 1.54) is 18.2 Å². The average Bonchev–Trinajstić information content (AvgIpc) is 3.02. The highest BCUT2D eigenvalue weighted by molar-refractivity contribution is 5.99. The highest BCUT2D eigenvalue weighted by Gasteiger charge is 2.11. The van der Waals surface area contributed by atoms with Gasteiger partial charge in [-0.05, 0) is 43.2 Å². The normalized spacial score (nSPS) is 10.8. The predicted molar refractivity (Wildman–Crippen MR) is 85.6 cm³/mol. The molecule has 0 bridgehead atoms. The van der Waals surface area contributed by atoms with Gasteiger partial charge in [0.2, 0.25) is 0 Å². The molecular weight excluding hydrogens is 314 g/mol. The zero-order valence-electron chi connectivity index (χ0n) is 13.1. The first-order chi connectivity index (χ1) is 11.4. The van der Waals surface area contributed by atoms with Crippen LogP contribution < -0.4 is 0 Å². The summed E-state index contributed by atoms with van der Waals surface area (Å²) < 4.78 is 9.71. The van der Waals surface area contributed by atoms with Crippen LogP contribution in [-0.4, -0.2) is 23.3 Å². The van der Waals surface area contributed by atoms with Gasteiger partial charge in [0.25, 0.3) is 0 Å². The molecular formula is C17H15NO6. The molecule has 0 aliphatic carbocycles. The number of ether oxygens (including phenoxy) is 1. The molecule has 7 nitrogen and oxygen atoms in total. The Kier molecular flexibility index (Phi) is 5.26. The van der Waals surface area contributed by atoms with Crippen molar-refractivity contribution in [2.45, 2.75) is 13.8 Å². The number of ketones is 1. The molecule has 1 aromatic carbocycles. The number of hydrogen-bond acceptors (Lipinski definition) is 6. The van der Waals surface area contributed by atoms with Crippen LogP contribution >= 0.6 is 0 Å². The second kappa shape index (κ2) is 7.36. The predicted octanol–water partition coefficient (Wildman–Crippen LogP) is 3.24. The smallest absolute Gasteiger partial charge is 0.433 e. The summed E-state index contributed by atoms with van der Waals surface area (Å²) in [6.07, 6.45) is 2.27. The number of Topliss-reactive ketones (excluding diaryl/α,β-unsaturated/α-hetero) is 1. The Hall–Kier alpha value is -3.22. The number of hydrogen-bond donors (Lipinski definition) is 0. The van der Waals surface area contributed by atoms with E-state index < -0.39 is 16.8 Å². The van der Waals surface area contributed by atoms with E-state index in [0.717, 1.165) is 17.2 Å². The molecule has 0 saturated carbocycles. The maximum atomic E-state index is 12.0. The standard InChI is InChI=1S/C17H15NO6/c1-11-3-4-13(9-12(11)2)15(19)10-23-17(20)8-6-14-5-7-16(24-14)18(21)22/h3-9H,10H2,1-2H3. The fraction of sp³-hybridized carbons (Fsp3) is 0.176. The Morgan fingerprint density at radius 1 is 1.21 bits per heavy atom. The van der Waals surface area contributed by atoms with E-state index in [0.29, 0.717) is 5.56 Å². The maximum absolute atomic E-state index is 12.0. The van der Waals surface area contributed by atoms with Crippen LogP contribution in [0, 0.1) is 24.0 Å². The number of aryl methyl sites for hydroxylation is 2. The van der Waals surface area contributed by atoms with Gasteiger partial charge in [-0.3, -0.25) is 14.9 Å². The molecule has 0 aliphatic rings. The Bertz CT molecular complexity index is 818. The van der Waals surface area contributed by atoms with Crippen LogP contribution in [-0.2, 0) is 9.53 Å². The van der Waals surface area contributed by atoms with Crippen LogP contribution in [0.25, 0.3) is 6.08 Å². The van der Waals surface area contributed by atoms with Gasteiger partial charge in [-0.2, -0.15) is 0 Å². The number of carbonyl (C=O) groups is 2. The third-order valence-electron chi connectivity index (χ3n) is 3.35. The van der Waals surface area contributed by atoms with E-state index >= 15 is 0 Å². The topological polar surface area (TPSA) is 99.7 Å². The van der Waals surface area contributed by atoms with Crippen LogP contribution in [0.1, 0.15) is 27.2 Å². The Morgan fingerprint density at radius 3 is 2.58 bits per heavy atom. The average molecular weight is 329 g/mol. The molecule has 0 amide bonds. The lowest BCUT2D eigenvalue weighted by atomic mass is 10.0. The first kappa shape index (κ1) is 17.1. The second-order valence-corrected chi connectivity index (χ2v) is 5.10. The largest absolute Gasteiger partial charge is 0.454 e. The fourth-order valence-corrected chi connectivity index (χ4v) is 1.86. The molecule has 0 atom stereocenters. The second-order valence-electron chi connectivity index (χ2n) is 5.10. The van der Waals surface area contributed by atoms with Crippen LogP contribution in [0.2, 0.25) is 0 Å². The van der Waals surface area contributed by atoms with Crippen molar-refractivity contribution < 1.29 is 23.7 Å². The van der Waals surface area contributed by atoms with E-state index in [2.05, 4.69) is 0 Å². The van der Waals surface area contributed by atoms with E-state index in [-0.39, 0.29) is 18.2 Å². The van der Waals surface area contributed by atoms with E-state index in [1.54, 1.807) is 12.1 Å². The van der Waals surface area contributed by atoms with Crippen molar-refractivity contribution in [3.05, 3.63) is 69.0 Å². The molecule has 1 heterocycles. The summed E-state index contributed by atoms with van der Waals surface area (Å²) in [4.78, 5) is 33.3. The van der Waals surface area contributed by atoms with Crippen molar-refractivity contribution in [3.63, 3.8) is 0 Å². The van der Waals surface area contributed by atoms with Gasteiger partial charge in [0.15, 0.2) is 12.4 Å². The summed E-state index contributed by atoms with van der Waals surface area (Å²) in [5, 5.41) is 10.5. The summed E-state index contributed by atoms with van der Waals surface area (Å²) in [7, 11) is 0. The molecule has 0 unspecified atom stereocenters. The Labute approximate surface area is 137 Å². The first-order valence-electron chi connectivity index (χ1n) is 7.06. The third-order valence-corrected chi connectivity index (χ3v) is 3.35. The van der Waals surface area contributed by atoms with Gasteiger partial charge in [-0.25, -0.2) is 4.79 Å². The molecule has 124 valence electrons. The summed E-state index contributed by atoms with van der Waals surface area (Å²) in [6, 6.07) is 7.77. The molecule has 7 heteroatoms. The number of rotatable bonds is 6. The zero-order chi connectivity index (χ0) is 17.7. The molecule has 2 rings (SSSR count). The quantitative estimate of drug-likeness (QED) is 0.265. The summed E-state index contributed by atoms with van der Waals surface area (Å²) in [5.41, 5.74) is 2.52. The van der Waals surface area contributed by atoms with Crippen molar-refractivity contribution in [1.29, 1.82) is 0 Å². The third kappa shape index (κ3) is 4.39. The lowest BCUT2D eigenvalue weighted by molar-refractivity contribution is -0.402. The number of furan rings is 1. The highest BCUT2D eigenvalue weighted by atomic mass is 16.6. The summed E-state index contributed by atoms with van der Waals surface area (Å²) in [6.45, 7) is 3.45. The Balaban J connectivity index is 1.89. The van der Waals surface area contributed by atoms with Gasteiger partial charge in [0.05, 0.1) is 6.07 Å². The van der Waals surface area contributed by atoms with Crippen LogP contribution in [0.5, 0.6) is 0 Å². The van der Waals surface area contributed by atoms with Gasteiger partial charge >= 0.3 is 11.9 Å². The van der Waals surface area contributed by atoms with Gasteiger partial charge < -0.3 is 9.15 Å². The van der Waals surface area contributed by atoms with Crippen molar-refractivity contribution in [2.24, 2.45) is 0 Å². The summed E-state index contributed by atoms with van der Waals surface area (Å²) in [5.74, 6) is -1.34. The monoisotopic (exact) mass is 329 g/mol. The number of benzene rings is 1. The van der Waals surface area contributed by atoms with Crippen LogP contribution in [0.4, 0.5) is 5.88 Å². The maximum Gasteiger partial charge on any atom is 0.433 e. The molecule has 0 saturated heterocycles. The fourth-order valence-electron chi connectivity index (χ4n) is 1.86. The molecule has 2 aromatic rings. The number of nitrogens with zero attached hydrogens (tertiary/aromatic N) is 1. The zero-order valence-corrected chi connectivity index (χ0v) is 13.1. The van der Waals surface area contributed by atoms with Gasteiger partial charge in [0, 0.05) is 11.6 Å². The molecule has 24 heavy (non-hydrogen) atoms. The minimum atomic E-state index is -0.744. The minimum Gasteiger partial charge on any atom is -0.454 e. The summed E-state index contributed by atoms with van der Waals surface area (Å²) >= 11 is 0. The lowest BCUT2D eigenvalue weighted by Gasteiger charge is -2.04. The van der Waals surface area contributed by atoms with Crippen molar-refractivity contribution in [3.8, 4) is 0 Å². The van der Waals surface area contributed by atoms with E-state index in [1.807, 2.05) is 19.9 Å². The molecule has 0 fully saturated rings. The molecule has 0 aliphatic heterocycles. The van der Waals surface area contributed by atoms with E-state index in [4.69, 9.17) is 9.15 Å². The molecule has 0 radical (unpaired) electrons. The molecule has 0 N–H and O–H groups in total. The van der Waals surface area contributed by atoms with Crippen molar-refractivity contribution >= 4 is 23.7 Å². The van der Waals surface area contributed by atoms with E-state index in [9.17, 15) is 19.7 Å². The number of nitro groups is 1. The Morgan fingerprint density at radius 2 is 1.96 bits per heavy atom. The van der Waals surface area contributed by atoms with Crippen molar-refractivity contribution in [2.75, 3.05) is 6.61 Å². The number of esters is 1. The van der Waals surface area contributed by atoms with Crippen molar-refractivity contribution in [1.82, 2.24) is 0 Å². The van der Waals surface area contributed by atoms with Gasteiger partial charge in [0.1, 0.15) is 10.7 Å².